The number of nitrogens with one attached hydrogen (secondary N) is 4. The quantitative estimate of drug-likeness (QED) is 0.0793. The molecule has 2 bridgehead atoms. The molecular formula is C74H99N5O8. The molecule has 4 aromatic rings. The molecule has 12 aliphatic rings. The predicted octanol–water partition coefficient (Wildman–Crippen LogP) is 11.4. The summed E-state index contributed by atoms with van der Waals surface area (Å²) in [6.07, 6.45) is 21.3. The molecule has 2 spiro atoms. The van der Waals surface area contributed by atoms with E-state index in [1.54, 1.807) is 0 Å². The minimum atomic E-state index is -1.07. The van der Waals surface area contributed by atoms with Gasteiger partial charge in [-0.1, -0.05) is 59.1 Å². The van der Waals surface area contributed by atoms with E-state index < -0.39 is 62.3 Å². The lowest BCUT2D eigenvalue weighted by molar-refractivity contribution is -0.271. The van der Waals surface area contributed by atoms with Gasteiger partial charge in [-0.25, -0.2) is 0 Å². The fourth-order valence-electron chi connectivity index (χ4n) is 24.7. The number of epoxide rings is 1. The topological polar surface area (TPSA) is 194 Å². The van der Waals surface area contributed by atoms with Gasteiger partial charge in [0.2, 0.25) is 0 Å². The number of rotatable bonds is 9. The number of aromatic nitrogens is 3. The number of aromatic amines is 2. The highest BCUT2D eigenvalue weighted by Crippen LogP contribution is 2.84. The van der Waals surface area contributed by atoms with Gasteiger partial charge in [0.15, 0.2) is 5.78 Å². The average molecular weight is 1190 g/mol. The molecule has 8 fully saturated rings. The van der Waals surface area contributed by atoms with Crippen LogP contribution in [0.25, 0.3) is 11.0 Å². The van der Waals surface area contributed by atoms with Gasteiger partial charge in [0.25, 0.3) is 0 Å². The molecule has 16 rings (SSSR count). The molecule has 7 N–H and O–H groups in total. The third-order valence-corrected chi connectivity index (χ3v) is 28.7. The van der Waals surface area contributed by atoms with Crippen molar-refractivity contribution in [3.05, 3.63) is 92.6 Å². The van der Waals surface area contributed by atoms with Gasteiger partial charge in [0.05, 0.1) is 46.3 Å². The average Bonchev–Trinajstić information content (AvgIpc) is 1.64. The van der Waals surface area contributed by atoms with Crippen molar-refractivity contribution in [1.82, 2.24) is 25.2 Å². The molecule has 13 heteroatoms. The third kappa shape index (κ3) is 7.72. The Morgan fingerprint density at radius 3 is 2.40 bits per heavy atom. The summed E-state index contributed by atoms with van der Waals surface area (Å²) >= 11 is 0. The van der Waals surface area contributed by atoms with Crippen LogP contribution in [-0.2, 0) is 48.8 Å². The highest BCUT2D eigenvalue weighted by Gasteiger charge is 2.81. The molecule has 6 saturated carbocycles. The fraction of sp³-hybridized carbons (Fsp3) is 0.716. The van der Waals surface area contributed by atoms with Crippen molar-refractivity contribution in [2.24, 2.45) is 56.2 Å². The normalized spacial score (nSPS) is 42.7. The lowest BCUT2D eigenvalue weighted by Gasteiger charge is -2.76. The fourth-order valence-corrected chi connectivity index (χ4v) is 24.7. The Hall–Kier alpha value is -4.21. The van der Waals surface area contributed by atoms with Crippen LogP contribution in [0.5, 0.6) is 0 Å². The number of hydrogen-bond acceptors (Lipinski definition) is 10. The maximum absolute atomic E-state index is 16.5. The second-order valence-corrected chi connectivity index (χ2v) is 32.7. The van der Waals surface area contributed by atoms with Crippen LogP contribution in [0.3, 0.4) is 0 Å². The summed E-state index contributed by atoms with van der Waals surface area (Å²) in [5, 5.41) is 47.4. The van der Waals surface area contributed by atoms with Crippen molar-refractivity contribution < 1.29 is 39.2 Å². The van der Waals surface area contributed by atoms with E-state index in [4.69, 9.17) is 9.47 Å². The first-order valence-electron chi connectivity index (χ1n) is 34.6. The van der Waals surface area contributed by atoms with E-state index >= 15 is 14.4 Å². The van der Waals surface area contributed by atoms with Crippen molar-refractivity contribution in [3.8, 4) is 0 Å². The SMILES string of the molecule is CNCC1CCCCC1c1cc2c(c(C3(O)CCOCC3)c1)CCC(=O)C2c1cn2c3c(c[nH]c13)CCC(C)(CC(O)C1OC1(C)C)C1=C3C(C2)C(O)C2C(C)(CCC4C5(CCCC(NC)C5)C(=O)C5c6cc[nH]c6C6CCC5(C6)C42C)C3(C)CC1=O. The second-order valence-electron chi connectivity index (χ2n) is 32.7. The number of H-pyrrole nitrogens is 2. The largest absolute Gasteiger partial charge is 0.392 e. The van der Waals surface area contributed by atoms with Crippen LogP contribution in [-0.4, -0.2) is 111 Å². The van der Waals surface area contributed by atoms with Crippen LogP contribution in [0.4, 0.5) is 0 Å². The zero-order chi connectivity index (χ0) is 60.3. The van der Waals surface area contributed by atoms with E-state index in [2.05, 4.69) is 104 Å². The Labute approximate surface area is 515 Å². The standard InChI is InChI=1S/C74H99N5O8/c1-67(2)66(87-67)54(82)34-68(3)22-17-42-37-78-61-49(56-48-30-43(45-14-10-9-12-41(45)36-75-7)31-51(46(48)15-16-52(56)80)74(85)25-28-86-29-26-74)38-79(62(42)61)39-50-57-59(68)53(81)35-70(57,5)69(4)23-19-55-71(6,64(69)63(50)83)73-24-18-40(32-73)60-47(20-27-77-60)58(73)65(84)72(55)21-11-13-44(33-72)76-8/h20,27,30-31,37-38,40-41,44-45,50,54-56,58,63-64,66,75-78,82-83,85H,9-19,21-26,28-29,32-36,39H2,1-8H3. The molecule has 13 nitrogen and oxygen atoms in total. The third-order valence-electron chi connectivity index (χ3n) is 28.7. The van der Waals surface area contributed by atoms with Gasteiger partial charge in [0.1, 0.15) is 17.7 Å². The molecule has 9 aliphatic carbocycles. The summed E-state index contributed by atoms with van der Waals surface area (Å²) in [7, 11) is 4.13. The summed E-state index contributed by atoms with van der Waals surface area (Å²) in [6, 6.07) is 7.21. The number of allylic oxidation sites excluding steroid dienone is 1. The van der Waals surface area contributed by atoms with Crippen LogP contribution in [0.2, 0.25) is 0 Å². The number of aliphatic hydroxyl groups is 3. The van der Waals surface area contributed by atoms with Gasteiger partial charge in [-0.2, -0.15) is 0 Å². The van der Waals surface area contributed by atoms with Crippen LogP contribution in [0.15, 0.2) is 47.9 Å². The Morgan fingerprint density at radius 1 is 0.839 bits per heavy atom. The monoisotopic (exact) mass is 1190 g/mol. The second kappa shape index (κ2) is 19.7. The molecule has 0 amide bonds. The number of ether oxygens (including phenoxy) is 2. The molecule has 6 heterocycles. The van der Waals surface area contributed by atoms with Crippen LogP contribution < -0.4 is 10.6 Å². The van der Waals surface area contributed by atoms with E-state index in [1.807, 2.05) is 13.8 Å². The predicted molar refractivity (Wildman–Crippen MR) is 334 cm³/mol. The maximum atomic E-state index is 16.5. The number of nitrogens with zero attached hydrogens (tertiary/aromatic N) is 1. The lowest BCUT2D eigenvalue weighted by Crippen LogP contribution is -2.75. The first-order valence-corrected chi connectivity index (χ1v) is 34.6. The smallest absolute Gasteiger partial charge is 0.160 e. The zero-order valence-electron chi connectivity index (χ0n) is 53.4. The van der Waals surface area contributed by atoms with Gasteiger partial charge < -0.3 is 50.0 Å². The van der Waals surface area contributed by atoms with E-state index in [-0.39, 0.29) is 46.9 Å². The summed E-state index contributed by atoms with van der Waals surface area (Å²) in [5.74, 6) is 0.299. The molecule has 2 saturated heterocycles. The number of carbonyl (C=O) groups excluding carboxylic acids is 3. The van der Waals surface area contributed by atoms with Crippen molar-refractivity contribution in [3.63, 3.8) is 0 Å². The number of aliphatic hydroxyl groups excluding tert-OH is 2. The van der Waals surface area contributed by atoms with Crippen molar-refractivity contribution in [2.45, 2.75) is 242 Å². The van der Waals surface area contributed by atoms with Gasteiger partial charge in [-0.15, -0.1) is 0 Å². The number of hydrogen-bond donors (Lipinski definition) is 7. The molecule has 87 heavy (non-hydrogen) atoms. The van der Waals surface area contributed by atoms with Crippen molar-refractivity contribution >= 4 is 28.4 Å². The van der Waals surface area contributed by atoms with Gasteiger partial charge in [-0.3, -0.25) is 14.4 Å². The van der Waals surface area contributed by atoms with Crippen LogP contribution in [0, 0.1) is 56.2 Å². The van der Waals surface area contributed by atoms with Crippen LogP contribution in [0.1, 0.15) is 232 Å². The van der Waals surface area contributed by atoms with Crippen molar-refractivity contribution in [2.75, 3.05) is 33.9 Å². The minimum Gasteiger partial charge on any atom is -0.392 e. The maximum Gasteiger partial charge on any atom is 0.160 e. The van der Waals surface area contributed by atoms with Gasteiger partial charge >= 0.3 is 0 Å². The molecule has 3 aromatic heterocycles. The highest BCUT2D eigenvalue weighted by atomic mass is 16.6. The number of Topliss-reactive ketones (excluding diaryl/α,β-unsaturated/α-hetero) is 3. The summed E-state index contributed by atoms with van der Waals surface area (Å²) < 4.78 is 14.5. The Kier molecular flexibility index (Phi) is 13.1. The van der Waals surface area contributed by atoms with E-state index in [0.29, 0.717) is 94.7 Å². The Balaban J connectivity index is 0.901. The molecular weight excluding hydrogens is 1090 g/mol. The molecule has 3 aliphatic heterocycles. The number of benzene rings is 1. The van der Waals surface area contributed by atoms with Gasteiger partial charge in [0, 0.05) is 104 Å². The van der Waals surface area contributed by atoms with E-state index in [9.17, 15) is 15.3 Å². The molecule has 468 valence electrons. The van der Waals surface area contributed by atoms with E-state index in [0.717, 1.165) is 134 Å². The molecule has 0 radical (unpaired) electrons. The number of fused-ring (bicyclic) bond motifs is 10. The molecule has 18 unspecified atom stereocenters. The highest BCUT2D eigenvalue weighted by molar-refractivity contribution is 6.02. The number of carbonyl (C=O) groups is 3. The Bertz CT molecular complexity index is 3540. The number of aryl methyl sites for hydroxylation is 1. The van der Waals surface area contributed by atoms with Gasteiger partial charge in [-0.05, 0) is 221 Å². The Morgan fingerprint density at radius 2 is 1.63 bits per heavy atom. The summed E-state index contributed by atoms with van der Waals surface area (Å²) in [4.78, 5) is 55.6. The molecule has 18 atom stereocenters. The number of ketones is 3. The van der Waals surface area contributed by atoms with Crippen molar-refractivity contribution in [1.29, 1.82) is 0 Å². The summed E-state index contributed by atoms with van der Waals surface area (Å²) in [6.45, 7) is 16.1. The van der Waals surface area contributed by atoms with E-state index in [1.165, 1.54) is 23.2 Å². The summed E-state index contributed by atoms with van der Waals surface area (Å²) in [5.41, 5.74) is 7.89. The minimum absolute atomic E-state index is 0.0547. The first-order chi connectivity index (χ1) is 41.6. The first kappa shape index (κ1) is 57.9. The zero-order valence-corrected chi connectivity index (χ0v) is 53.4. The van der Waals surface area contributed by atoms with Crippen LogP contribution >= 0.6 is 0 Å². The lowest BCUT2D eigenvalue weighted by atomic mass is 9.27. The molecule has 1 aromatic carbocycles.